The number of rotatable bonds is 4. The molecule has 2 atom stereocenters. The number of aliphatic imine (C=N–C) groups is 1. The summed E-state index contributed by atoms with van der Waals surface area (Å²) in [5, 5.41) is 11.4. The van der Waals surface area contributed by atoms with Gasteiger partial charge in [0.2, 0.25) is 0 Å². The normalized spacial score (nSPS) is 20.4. The van der Waals surface area contributed by atoms with Crippen LogP contribution in [0.25, 0.3) is 0 Å². The van der Waals surface area contributed by atoms with Crippen molar-refractivity contribution in [1.29, 1.82) is 0 Å². The monoisotopic (exact) mass is 423 g/mol. The van der Waals surface area contributed by atoms with E-state index in [0.717, 1.165) is 30.8 Å². The van der Waals surface area contributed by atoms with Gasteiger partial charge in [0.1, 0.15) is 5.92 Å². The standard InChI is InChI=1S/C22H25N5O4/c1-4-26-9-8-16-15(11-26)20(23)19-18(13-6-5-7-14(10-13)27(29)30)17(22(28)31-3)12(2)24-21(19)25-16/h5-7,10,17-18H,4,8-9,11H2,1-3H3,(H2,23,25). The van der Waals surface area contributed by atoms with Crippen LogP contribution in [0, 0.1) is 16.0 Å². The summed E-state index contributed by atoms with van der Waals surface area (Å²) >= 11 is 0. The second-order valence-electron chi connectivity index (χ2n) is 7.89. The number of likely N-dealkylation sites (N-methyl/N-ethyl adjacent to an activating group) is 1. The molecular formula is C22H25N5O4. The summed E-state index contributed by atoms with van der Waals surface area (Å²) in [5.74, 6) is -1.30. The Morgan fingerprint density at radius 3 is 2.87 bits per heavy atom. The first-order chi connectivity index (χ1) is 14.8. The summed E-state index contributed by atoms with van der Waals surface area (Å²) in [6, 6.07) is 6.30. The van der Waals surface area contributed by atoms with Gasteiger partial charge in [-0.3, -0.25) is 19.8 Å². The maximum atomic E-state index is 12.8. The number of nitro benzene ring substituents is 1. The van der Waals surface area contributed by atoms with Gasteiger partial charge < -0.3 is 10.5 Å². The molecule has 0 aliphatic carbocycles. The number of methoxy groups -OCH3 is 1. The van der Waals surface area contributed by atoms with E-state index in [4.69, 9.17) is 15.5 Å². The number of nitrogens with zero attached hydrogens (tertiary/aromatic N) is 4. The van der Waals surface area contributed by atoms with Gasteiger partial charge in [-0.15, -0.1) is 0 Å². The summed E-state index contributed by atoms with van der Waals surface area (Å²) in [6.45, 7) is 6.32. The van der Waals surface area contributed by atoms with Crippen LogP contribution in [-0.2, 0) is 22.5 Å². The lowest BCUT2D eigenvalue weighted by Crippen LogP contribution is -2.35. The zero-order valence-electron chi connectivity index (χ0n) is 17.8. The molecule has 2 aliphatic heterocycles. The minimum Gasteiger partial charge on any atom is -0.468 e. The number of nitrogen functional groups attached to an aromatic ring is 1. The predicted octanol–water partition coefficient (Wildman–Crippen LogP) is 2.98. The van der Waals surface area contributed by atoms with Crippen molar-refractivity contribution in [3.05, 3.63) is 56.8 Å². The summed E-state index contributed by atoms with van der Waals surface area (Å²) < 4.78 is 5.07. The number of nitrogens with two attached hydrogens (primary N) is 1. The molecule has 1 aromatic heterocycles. The van der Waals surface area contributed by atoms with Crippen molar-refractivity contribution in [2.75, 3.05) is 25.9 Å². The number of fused-ring (bicyclic) bond motifs is 2. The minimum absolute atomic E-state index is 0.0514. The van der Waals surface area contributed by atoms with Crippen LogP contribution >= 0.6 is 0 Å². The molecule has 0 spiro atoms. The fourth-order valence-electron chi connectivity index (χ4n) is 4.57. The molecule has 9 heteroatoms. The Morgan fingerprint density at radius 2 is 2.19 bits per heavy atom. The fraction of sp³-hybridized carbons (Fsp3) is 0.409. The van der Waals surface area contributed by atoms with Gasteiger partial charge in [0.25, 0.3) is 5.69 Å². The molecule has 1 aromatic carbocycles. The van der Waals surface area contributed by atoms with E-state index in [0.29, 0.717) is 34.9 Å². The predicted molar refractivity (Wildman–Crippen MR) is 117 cm³/mol. The smallest absolute Gasteiger partial charge is 0.315 e. The average molecular weight is 423 g/mol. The van der Waals surface area contributed by atoms with Crippen molar-refractivity contribution in [2.24, 2.45) is 10.9 Å². The number of carbonyl (C=O) groups excluding carboxylic acids is 1. The Labute approximate surface area is 180 Å². The number of benzene rings is 1. The van der Waals surface area contributed by atoms with Crippen molar-refractivity contribution >= 4 is 28.9 Å². The van der Waals surface area contributed by atoms with Gasteiger partial charge in [0.15, 0.2) is 5.82 Å². The topological polar surface area (TPSA) is 124 Å². The van der Waals surface area contributed by atoms with E-state index < -0.39 is 22.7 Å². The van der Waals surface area contributed by atoms with E-state index in [2.05, 4.69) is 16.8 Å². The van der Waals surface area contributed by atoms with Gasteiger partial charge >= 0.3 is 5.97 Å². The molecule has 31 heavy (non-hydrogen) atoms. The van der Waals surface area contributed by atoms with E-state index in [1.54, 1.807) is 19.1 Å². The zero-order valence-corrected chi connectivity index (χ0v) is 17.8. The number of aromatic nitrogens is 1. The molecule has 0 fully saturated rings. The van der Waals surface area contributed by atoms with E-state index in [1.165, 1.54) is 19.2 Å². The third kappa shape index (κ3) is 3.54. The lowest BCUT2D eigenvalue weighted by molar-refractivity contribution is -0.384. The minimum atomic E-state index is -0.743. The van der Waals surface area contributed by atoms with Crippen molar-refractivity contribution in [2.45, 2.75) is 32.7 Å². The van der Waals surface area contributed by atoms with Gasteiger partial charge in [-0.1, -0.05) is 19.1 Å². The molecule has 0 radical (unpaired) electrons. The number of esters is 1. The highest BCUT2D eigenvalue weighted by molar-refractivity contribution is 6.05. The first-order valence-electron chi connectivity index (χ1n) is 10.3. The van der Waals surface area contributed by atoms with Crippen LogP contribution in [0.15, 0.2) is 29.3 Å². The molecule has 0 saturated carbocycles. The number of carbonyl (C=O) groups is 1. The van der Waals surface area contributed by atoms with Crippen LogP contribution in [-0.4, -0.2) is 46.7 Å². The average Bonchev–Trinajstić information content (AvgIpc) is 2.77. The lowest BCUT2D eigenvalue weighted by Gasteiger charge is -2.34. The molecule has 2 aliphatic rings. The molecule has 0 bridgehead atoms. The summed E-state index contributed by atoms with van der Waals surface area (Å²) in [5.41, 5.74) is 10.9. The molecule has 0 amide bonds. The van der Waals surface area contributed by atoms with E-state index in [9.17, 15) is 14.9 Å². The first-order valence-corrected chi connectivity index (χ1v) is 10.3. The maximum Gasteiger partial charge on any atom is 0.315 e. The summed E-state index contributed by atoms with van der Waals surface area (Å²) in [6.07, 6.45) is 0.775. The van der Waals surface area contributed by atoms with Crippen molar-refractivity contribution in [3.8, 4) is 0 Å². The number of hydrogen-bond donors (Lipinski definition) is 1. The van der Waals surface area contributed by atoms with Crippen LogP contribution < -0.4 is 5.73 Å². The largest absolute Gasteiger partial charge is 0.468 e. The molecule has 3 heterocycles. The highest BCUT2D eigenvalue weighted by atomic mass is 16.6. The second-order valence-corrected chi connectivity index (χ2v) is 7.89. The van der Waals surface area contributed by atoms with Gasteiger partial charge in [0.05, 0.1) is 17.7 Å². The van der Waals surface area contributed by atoms with Gasteiger partial charge in [0, 0.05) is 60.1 Å². The summed E-state index contributed by atoms with van der Waals surface area (Å²) in [7, 11) is 1.32. The Bertz CT molecular complexity index is 1100. The van der Waals surface area contributed by atoms with E-state index >= 15 is 0 Å². The van der Waals surface area contributed by atoms with Crippen LogP contribution in [0.3, 0.4) is 0 Å². The van der Waals surface area contributed by atoms with Crippen molar-refractivity contribution in [1.82, 2.24) is 9.88 Å². The Morgan fingerprint density at radius 1 is 1.42 bits per heavy atom. The lowest BCUT2D eigenvalue weighted by atomic mass is 9.75. The number of ether oxygens (including phenoxy) is 1. The highest BCUT2D eigenvalue weighted by Gasteiger charge is 2.41. The first kappa shape index (κ1) is 20.9. The highest BCUT2D eigenvalue weighted by Crippen LogP contribution is 2.47. The van der Waals surface area contributed by atoms with E-state index in [1.807, 2.05) is 0 Å². The third-order valence-electron chi connectivity index (χ3n) is 6.21. The molecule has 162 valence electrons. The number of pyridine rings is 1. The quantitative estimate of drug-likeness (QED) is 0.455. The fourth-order valence-corrected chi connectivity index (χ4v) is 4.57. The second kappa shape index (κ2) is 8.07. The number of anilines is 1. The van der Waals surface area contributed by atoms with E-state index in [-0.39, 0.29) is 5.69 Å². The van der Waals surface area contributed by atoms with Crippen molar-refractivity contribution in [3.63, 3.8) is 0 Å². The summed E-state index contributed by atoms with van der Waals surface area (Å²) in [4.78, 5) is 35.4. The van der Waals surface area contributed by atoms with Crippen LogP contribution in [0.2, 0.25) is 0 Å². The van der Waals surface area contributed by atoms with Gasteiger partial charge in [-0.25, -0.2) is 9.98 Å². The number of hydrogen-bond acceptors (Lipinski definition) is 8. The van der Waals surface area contributed by atoms with Gasteiger partial charge in [-0.2, -0.15) is 0 Å². The zero-order chi connectivity index (χ0) is 22.3. The number of nitro groups is 1. The SMILES string of the molecule is CCN1CCc2nc3c(c(N)c2C1)C(c1cccc([N+](=O)[O-])c1)C(C(=O)OC)C(C)=N3. The van der Waals surface area contributed by atoms with Crippen molar-refractivity contribution < 1.29 is 14.5 Å². The Kier molecular flexibility index (Phi) is 5.45. The Hall–Kier alpha value is -3.33. The van der Waals surface area contributed by atoms with Crippen LogP contribution in [0.1, 0.15) is 42.1 Å². The number of non-ortho nitro benzene ring substituents is 1. The molecule has 9 nitrogen and oxygen atoms in total. The molecule has 2 N–H and O–H groups in total. The molecule has 4 rings (SSSR count). The molecule has 0 saturated heterocycles. The van der Waals surface area contributed by atoms with Crippen LogP contribution in [0.4, 0.5) is 17.2 Å². The van der Waals surface area contributed by atoms with Gasteiger partial charge in [-0.05, 0) is 19.0 Å². The molecular weight excluding hydrogens is 398 g/mol. The Balaban J connectivity index is 1.96. The maximum absolute atomic E-state index is 12.8. The third-order valence-corrected chi connectivity index (χ3v) is 6.21. The molecule has 2 aromatic rings. The van der Waals surface area contributed by atoms with Crippen LogP contribution in [0.5, 0.6) is 0 Å². The molecule has 2 unspecified atom stereocenters.